The minimum atomic E-state index is -0.981. The fraction of sp³-hybridized carbons (Fsp3) is 0.724. The first kappa shape index (κ1) is 31.1. The number of esters is 2. The summed E-state index contributed by atoms with van der Waals surface area (Å²) in [6.07, 6.45) is 1.79. The summed E-state index contributed by atoms with van der Waals surface area (Å²) < 4.78 is 16.5. The van der Waals surface area contributed by atoms with Crippen molar-refractivity contribution < 1.29 is 39.1 Å². The van der Waals surface area contributed by atoms with Gasteiger partial charge < -0.3 is 29.5 Å². The van der Waals surface area contributed by atoms with Crippen molar-refractivity contribution in [1.82, 2.24) is 0 Å². The van der Waals surface area contributed by atoms with Crippen LogP contribution in [0, 0.1) is 10.8 Å². The average molecular weight is 523 g/mol. The maximum absolute atomic E-state index is 12.4. The highest BCUT2D eigenvalue weighted by atomic mass is 16.6. The van der Waals surface area contributed by atoms with Gasteiger partial charge >= 0.3 is 11.9 Å². The number of aromatic hydroxyl groups is 1. The van der Waals surface area contributed by atoms with Gasteiger partial charge in [-0.05, 0) is 67.6 Å². The minimum Gasteiger partial charge on any atom is -0.508 e. The molecule has 8 nitrogen and oxygen atoms in total. The lowest BCUT2D eigenvalue weighted by Crippen LogP contribution is -2.35. The van der Waals surface area contributed by atoms with E-state index in [9.17, 15) is 24.9 Å². The van der Waals surface area contributed by atoms with Crippen LogP contribution >= 0.6 is 0 Å². The number of benzene rings is 1. The molecule has 0 aliphatic carbocycles. The zero-order chi connectivity index (χ0) is 27.6. The number of carbonyl (C=O) groups is 2. The van der Waals surface area contributed by atoms with Gasteiger partial charge in [0.25, 0.3) is 0 Å². The molecule has 0 radical (unpaired) electrons. The second-order valence-corrected chi connectivity index (χ2v) is 11.9. The summed E-state index contributed by atoms with van der Waals surface area (Å²) in [6.45, 7) is 10.0. The first-order valence-electron chi connectivity index (χ1n) is 13.4. The van der Waals surface area contributed by atoms with Crippen LogP contribution in [0.25, 0.3) is 0 Å². The Balaban J connectivity index is 1.71. The Morgan fingerprint density at radius 2 is 1.95 bits per heavy atom. The molecule has 0 unspecified atom stereocenters. The van der Waals surface area contributed by atoms with E-state index in [0.717, 1.165) is 37.7 Å². The van der Waals surface area contributed by atoms with Gasteiger partial charge in [-0.15, -0.1) is 0 Å². The smallest absolute Gasteiger partial charge is 0.309 e. The van der Waals surface area contributed by atoms with E-state index in [2.05, 4.69) is 13.8 Å². The van der Waals surface area contributed by atoms with E-state index in [0.29, 0.717) is 6.61 Å². The van der Waals surface area contributed by atoms with E-state index in [-0.39, 0.29) is 36.5 Å². The predicted octanol–water partition coefficient (Wildman–Crippen LogP) is 4.31. The molecule has 2 rings (SSSR count). The van der Waals surface area contributed by atoms with Crippen LogP contribution in [0.4, 0.5) is 0 Å². The second kappa shape index (κ2) is 14.1. The molecule has 8 heteroatoms. The van der Waals surface area contributed by atoms with Crippen molar-refractivity contribution in [3.63, 3.8) is 0 Å². The predicted molar refractivity (Wildman–Crippen MR) is 140 cm³/mol. The molecule has 1 saturated heterocycles. The molecule has 1 aliphatic heterocycles. The SMILES string of the molecule is C[C@@H](C[C@H](O)C(C)(C)CCCc1cccc(O)c1)OC(=O)C[C@H](CO)OC(=O)C[C@H]1CCC(C)(C)CO1. The molecule has 0 saturated carbocycles. The summed E-state index contributed by atoms with van der Waals surface area (Å²) in [6, 6.07) is 7.16. The molecule has 210 valence electrons. The van der Waals surface area contributed by atoms with Crippen LogP contribution in [-0.4, -0.2) is 64.9 Å². The Bertz CT molecular complexity index is 855. The molecule has 1 aliphatic rings. The Labute approximate surface area is 221 Å². The van der Waals surface area contributed by atoms with Gasteiger partial charge in [-0.1, -0.05) is 39.8 Å². The van der Waals surface area contributed by atoms with Gasteiger partial charge in [0.1, 0.15) is 18.0 Å². The number of aliphatic hydroxyl groups excluding tert-OH is 2. The molecule has 3 N–H and O–H groups in total. The fourth-order valence-corrected chi connectivity index (χ4v) is 4.54. The number of phenolic OH excluding ortho intramolecular Hbond substituents is 1. The highest BCUT2D eigenvalue weighted by Gasteiger charge is 2.31. The van der Waals surface area contributed by atoms with Gasteiger partial charge in [-0.3, -0.25) is 9.59 Å². The average Bonchev–Trinajstić information content (AvgIpc) is 2.79. The third kappa shape index (κ3) is 11.4. The van der Waals surface area contributed by atoms with Crippen LogP contribution in [0.1, 0.15) is 85.1 Å². The number of hydrogen-bond acceptors (Lipinski definition) is 8. The molecule has 1 aromatic carbocycles. The van der Waals surface area contributed by atoms with Crippen molar-refractivity contribution in [3.8, 4) is 5.75 Å². The quantitative estimate of drug-likeness (QED) is 0.309. The molecular formula is C29H46O8. The van der Waals surface area contributed by atoms with Crippen LogP contribution in [0.2, 0.25) is 0 Å². The van der Waals surface area contributed by atoms with Gasteiger partial charge in [0, 0.05) is 6.42 Å². The third-order valence-electron chi connectivity index (χ3n) is 7.13. The van der Waals surface area contributed by atoms with Crippen molar-refractivity contribution in [3.05, 3.63) is 29.8 Å². The van der Waals surface area contributed by atoms with Crippen molar-refractivity contribution in [2.24, 2.45) is 10.8 Å². The Hall–Kier alpha value is -2.16. The van der Waals surface area contributed by atoms with Crippen molar-refractivity contribution in [1.29, 1.82) is 0 Å². The lowest BCUT2D eigenvalue weighted by Gasteiger charge is -2.34. The highest BCUT2D eigenvalue weighted by molar-refractivity contribution is 5.73. The van der Waals surface area contributed by atoms with Crippen LogP contribution in [-0.2, 0) is 30.2 Å². The van der Waals surface area contributed by atoms with Gasteiger partial charge in [-0.2, -0.15) is 0 Å². The summed E-state index contributed by atoms with van der Waals surface area (Å²) in [5.74, 6) is -0.857. The number of ether oxygens (including phenoxy) is 3. The highest BCUT2D eigenvalue weighted by Crippen LogP contribution is 2.32. The van der Waals surface area contributed by atoms with Crippen LogP contribution in [0.3, 0.4) is 0 Å². The lowest BCUT2D eigenvalue weighted by atomic mass is 9.79. The molecule has 1 heterocycles. The zero-order valence-corrected chi connectivity index (χ0v) is 23.1. The lowest BCUT2D eigenvalue weighted by molar-refractivity contribution is -0.163. The molecule has 1 aromatic rings. The van der Waals surface area contributed by atoms with E-state index >= 15 is 0 Å². The minimum absolute atomic E-state index is 0.0880. The standard InChI is InChI=1S/C29H46O8/c1-20(14-25(32)29(4,5)12-7-9-21-8-6-10-22(31)15-21)36-26(33)17-24(18-30)37-27(34)16-23-11-13-28(2,3)19-35-23/h6,8,10,15,20,23-25,30-32H,7,9,11-14,16-19H2,1-5H3/t20-,23+,24+,25-/m0/s1. The molecule has 0 spiro atoms. The summed E-state index contributed by atoms with van der Waals surface area (Å²) in [7, 11) is 0. The van der Waals surface area contributed by atoms with Crippen LogP contribution in [0.15, 0.2) is 24.3 Å². The van der Waals surface area contributed by atoms with Gasteiger partial charge in [0.05, 0.1) is 38.3 Å². The molecule has 0 amide bonds. The summed E-state index contributed by atoms with van der Waals surface area (Å²) in [5, 5.41) is 30.0. The number of hydrogen-bond donors (Lipinski definition) is 3. The maximum Gasteiger partial charge on any atom is 0.309 e. The molecular weight excluding hydrogens is 476 g/mol. The number of rotatable bonds is 14. The summed E-state index contributed by atoms with van der Waals surface area (Å²) in [5.41, 5.74) is 0.753. The van der Waals surface area contributed by atoms with E-state index in [1.165, 1.54) is 0 Å². The monoisotopic (exact) mass is 522 g/mol. The molecule has 4 atom stereocenters. The normalized spacial score (nSPS) is 20.0. The first-order valence-corrected chi connectivity index (χ1v) is 13.4. The van der Waals surface area contributed by atoms with Crippen LogP contribution < -0.4 is 0 Å². The number of carbonyl (C=O) groups excluding carboxylic acids is 2. The summed E-state index contributed by atoms with van der Waals surface area (Å²) in [4.78, 5) is 24.7. The van der Waals surface area contributed by atoms with E-state index in [4.69, 9.17) is 14.2 Å². The van der Waals surface area contributed by atoms with Gasteiger partial charge in [0.2, 0.25) is 0 Å². The van der Waals surface area contributed by atoms with Gasteiger partial charge in [0.15, 0.2) is 0 Å². The van der Waals surface area contributed by atoms with Crippen molar-refractivity contribution in [2.45, 2.75) is 110 Å². The van der Waals surface area contributed by atoms with Crippen molar-refractivity contribution >= 4 is 11.9 Å². The Kier molecular flexibility index (Phi) is 11.9. The zero-order valence-electron chi connectivity index (χ0n) is 23.1. The summed E-state index contributed by atoms with van der Waals surface area (Å²) >= 11 is 0. The largest absolute Gasteiger partial charge is 0.508 e. The van der Waals surface area contributed by atoms with E-state index in [1.54, 1.807) is 19.1 Å². The molecule has 0 aromatic heterocycles. The molecule has 37 heavy (non-hydrogen) atoms. The molecule has 1 fully saturated rings. The van der Waals surface area contributed by atoms with Gasteiger partial charge in [-0.25, -0.2) is 0 Å². The number of aliphatic hydroxyl groups is 2. The van der Waals surface area contributed by atoms with Crippen molar-refractivity contribution in [2.75, 3.05) is 13.2 Å². The van der Waals surface area contributed by atoms with E-state index < -0.39 is 42.3 Å². The van der Waals surface area contributed by atoms with E-state index in [1.807, 2.05) is 26.0 Å². The van der Waals surface area contributed by atoms with Crippen LogP contribution in [0.5, 0.6) is 5.75 Å². The fourth-order valence-electron chi connectivity index (χ4n) is 4.54. The molecule has 0 bridgehead atoms. The first-order chi connectivity index (χ1) is 17.3. The topological polar surface area (TPSA) is 123 Å². The second-order valence-electron chi connectivity index (χ2n) is 11.9. The Morgan fingerprint density at radius 3 is 2.57 bits per heavy atom. The number of phenols is 1. The number of aryl methyl sites for hydroxylation is 1. The maximum atomic E-state index is 12.4. The third-order valence-corrected chi connectivity index (χ3v) is 7.13. The Morgan fingerprint density at radius 1 is 1.22 bits per heavy atom.